The molecule has 17 heavy (non-hydrogen) atoms. The van der Waals surface area contributed by atoms with E-state index in [4.69, 9.17) is 10.2 Å². The van der Waals surface area contributed by atoms with Crippen LogP contribution in [0.2, 0.25) is 0 Å². The van der Waals surface area contributed by atoms with Gasteiger partial charge in [0.05, 0.1) is 5.57 Å². The molecule has 2 N–H and O–H groups in total. The zero-order chi connectivity index (χ0) is 12.8. The molecule has 0 spiro atoms. The number of rotatable bonds is 5. The van der Waals surface area contributed by atoms with E-state index in [0.717, 1.165) is 5.56 Å². The number of carboxylic acid groups (broad SMARTS) is 2. The van der Waals surface area contributed by atoms with Gasteiger partial charge in [-0.3, -0.25) is 0 Å². The van der Waals surface area contributed by atoms with Gasteiger partial charge in [-0.25, -0.2) is 9.59 Å². The van der Waals surface area contributed by atoms with Crippen molar-refractivity contribution in [2.45, 2.75) is 19.8 Å². The lowest BCUT2D eigenvalue weighted by Crippen LogP contribution is -2.13. The zero-order valence-corrected chi connectivity index (χ0v) is 9.51. The largest absolute Gasteiger partial charge is 0.478 e. The highest BCUT2D eigenvalue weighted by Gasteiger charge is 2.18. The molecule has 0 heterocycles. The van der Waals surface area contributed by atoms with Gasteiger partial charge in [-0.05, 0) is 12.0 Å². The summed E-state index contributed by atoms with van der Waals surface area (Å²) < 4.78 is 0. The van der Waals surface area contributed by atoms with E-state index in [1.807, 2.05) is 6.07 Å². The van der Waals surface area contributed by atoms with Crippen LogP contribution in [0.25, 0.3) is 0 Å². The van der Waals surface area contributed by atoms with Crippen LogP contribution in [0.3, 0.4) is 0 Å². The molecule has 1 rings (SSSR count). The molecule has 0 amide bonds. The van der Waals surface area contributed by atoms with E-state index >= 15 is 0 Å². The first kappa shape index (κ1) is 13.0. The van der Waals surface area contributed by atoms with Crippen LogP contribution in [0.1, 0.15) is 18.9 Å². The van der Waals surface area contributed by atoms with E-state index in [2.05, 4.69) is 0 Å². The highest BCUT2D eigenvalue weighted by atomic mass is 16.4. The molecule has 0 bridgehead atoms. The van der Waals surface area contributed by atoms with Crippen molar-refractivity contribution in [3.8, 4) is 0 Å². The van der Waals surface area contributed by atoms with Crippen LogP contribution in [0.5, 0.6) is 0 Å². The summed E-state index contributed by atoms with van der Waals surface area (Å²) in [4.78, 5) is 22.0. The molecular formula is C13H14O4. The van der Waals surface area contributed by atoms with Crippen molar-refractivity contribution in [1.82, 2.24) is 0 Å². The molecule has 1 aromatic carbocycles. The summed E-state index contributed by atoms with van der Waals surface area (Å²) in [6, 6.07) is 8.96. The molecule has 0 atom stereocenters. The minimum atomic E-state index is -1.17. The Morgan fingerprint density at radius 2 is 1.53 bits per heavy atom. The van der Waals surface area contributed by atoms with E-state index in [-0.39, 0.29) is 24.0 Å². The second kappa shape index (κ2) is 5.84. The summed E-state index contributed by atoms with van der Waals surface area (Å²) in [6.45, 7) is 1.64. The molecule has 0 aliphatic rings. The number of benzene rings is 1. The van der Waals surface area contributed by atoms with E-state index in [1.165, 1.54) is 0 Å². The van der Waals surface area contributed by atoms with Gasteiger partial charge in [0.15, 0.2) is 0 Å². The molecule has 0 saturated heterocycles. The van der Waals surface area contributed by atoms with Gasteiger partial charge >= 0.3 is 11.9 Å². The summed E-state index contributed by atoms with van der Waals surface area (Å²) >= 11 is 0. The third-order valence-electron chi connectivity index (χ3n) is 2.46. The molecular weight excluding hydrogens is 220 g/mol. The number of hydrogen-bond donors (Lipinski definition) is 2. The van der Waals surface area contributed by atoms with Gasteiger partial charge in [0, 0.05) is 12.0 Å². The number of hydrogen-bond acceptors (Lipinski definition) is 2. The van der Waals surface area contributed by atoms with Crippen molar-refractivity contribution in [2.24, 2.45) is 0 Å². The van der Waals surface area contributed by atoms with Crippen LogP contribution in [-0.2, 0) is 16.0 Å². The van der Waals surface area contributed by atoms with E-state index < -0.39 is 11.9 Å². The van der Waals surface area contributed by atoms with Crippen LogP contribution in [-0.4, -0.2) is 22.2 Å². The monoisotopic (exact) mass is 234 g/mol. The molecule has 0 unspecified atom stereocenters. The average Bonchev–Trinajstić information content (AvgIpc) is 2.29. The Kier molecular flexibility index (Phi) is 4.46. The Balaban J connectivity index is 3.11. The van der Waals surface area contributed by atoms with Gasteiger partial charge < -0.3 is 10.2 Å². The smallest absolute Gasteiger partial charge is 0.332 e. The lowest BCUT2D eigenvalue weighted by molar-refractivity contribution is -0.136. The minimum absolute atomic E-state index is 0.0404. The van der Waals surface area contributed by atoms with Crippen molar-refractivity contribution < 1.29 is 19.8 Å². The van der Waals surface area contributed by atoms with Crippen LogP contribution < -0.4 is 0 Å². The van der Waals surface area contributed by atoms with Crippen LogP contribution in [0.15, 0.2) is 41.5 Å². The predicted octanol–water partition coefficient (Wildman–Crippen LogP) is 2.10. The van der Waals surface area contributed by atoms with Crippen molar-refractivity contribution in [3.05, 3.63) is 47.0 Å². The quantitative estimate of drug-likeness (QED) is 0.765. The molecule has 90 valence electrons. The third-order valence-corrected chi connectivity index (χ3v) is 2.46. The molecule has 0 aromatic heterocycles. The van der Waals surface area contributed by atoms with Crippen molar-refractivity contribution in [2.75, 3.05) is 0 Å². The molecule has 1 aromatic rings. The normalized spacial score (nSPS) is 11.8. The van der Waals surface area contributed by atoms with Gasteiger partial charge in [-0.1, -0.05) is 37.3 Å². The van der Waals surface area contributed by atoms with Gasteiger partial charge in [-0.2, -0.15) is 0 Å². The van der Waals surface area contributed by atoms with E-state index in [0.29, 0.717) is 0 Å². The van der Waals surface area contributed by atoms with Crippen LogP contribution in [0.4, 0.5) is 0 Å². The molecule has 0 aliphatic carbocycles. The Morgan fingerprint density at radius 3 is 1.94 bits per heavy atom. The highest BCUT2D eigenvalue weighted by molar-refractivity contribution is 5.99. The fraction of sp³-hybridized carbons (Fsp3) is 0.231. The highest BCUT2D eigenvalue weighted by Crippen LogP contribution is 2.15. The average molecular weight is 234 g/mol. The fourth-order valence-corrected chi connectivity index (χ4v) is 1.61. The molecule has 0 fully saturated rings. The lowest BCUT2D eigenvalue weighted by atomic mass is 9.98. The zero-order valence-electron chi connectivity index (χ0n) is 9.51. The third kappa shape index (κ3) is 3.45. The second-order valence-corrected chi connectivity index (χ2v) is 3.58. The second-order valence-electron chi connectivity index (χ2n) is 3.58. The summed E-state index contributed by atoms with van der Waals surface area (Å²) in [5.74, 6) is -2.34. The molecule has 4 nitrogen and oxygen atoms in total. The first-order valence-corrected chi connectivity index (χ1v) is 5.28. The summed E-state index contributed by atoms with van der Waals surface area (Å²) in [6.07, 6.45) is 0.329. The van der Waals surface area contributed by atoms with E-state index in [1.54, 1.807) is 31.2 Å². The van der Waals surface area contributed by atoms with Crippen molar-refractivity contribution in [3.63, 3.8) is 0 Å². The summed E-state index contributed by atoms with van der Waals surface area (Å²) in [7, 11) is 0. The fourth-order valence-electron chi connectivity index (χ4n) is 1.61. The Bertz CT molecular complexity index is 446. The van der Waals surface area contributed by atoms with Crippen molar-refractivity contribution in [1.29, 1.82) is 0 Å². The van der Waals surface area contributed by atoms with Gasteiger partial charge in [0.2, 0.25) is 0 Å². The summed E-state index contributed by atoms with van der Waals surface area (Å²) in [5.41, 5.74) is 0.699. The molecule has 0 aliphatic heterocycles. The maximum Gasteiger partial charge on any atom is 0.332 e. The standard InChI is InChI=1S/C13H14O4/c1-2-10(12(14)15)11(13(16)17)8-9-6-4-3-5-7-9/h3-7H,2,8H2,1H3,(H,14,15)(H,16,17)/b11-10-. The molecule has 0 saturated carbocycles. The van der Waals surface area contributed by atoms with Gasteiger partial charge in [0.1, 0.15) is 0 Å². The Hall–Kier alpha value is -2.10. The van der Waals surface area contributed by atoms with Gasteiger partial charge in [0.25, 0.3) is 0 Å². The van der Waals surface area contributed by atoms with Gasteiger partial charge in [-0.15, -0.1) is 0 Å². The molecule has 0 radical (unpaired) electrons. The summed E-state index contributed by atoms with van der Waals surface area (Å²) in [5, 5.41) is 18.0. The first-order valence-electron chi connectivity index (χ1n) is 5.28. The Labute approximate surface area is 99.2 Å². The predicted molar refractivity (Wildman–Crippen MR) is 62.7 cm³/mol. The number of carbonyl (C=O) groups is 2. The van der Waals surface area contributed by atoms with Crippen molar-refractivity contribution >= 4 is 11.9 Å². The SMILES string of the molecule is CC/C(C(=O)O)=C(\Cc1ccccc1)C(=O)O. The lowest BCUT2D eigenvalue weighted by Gasteiger charge is -2.07. The topological polar surface area (TPSA) is 74.6 Å². The Morgan fingerprint density at radius 1 is 1.00 bits per heavy atom. The maximum absolute atomic E-state index is 11.1. The number of carboxylic acids is 2. The number of aliphatic carboxylic acids is 2. The maximum atomic E-state index is 11.1. The van der Waals surface area contributed by atoms with Crippen LogP contribution >= 0.6 is 0 Å². The van der Waals surface area contributed by atoms with Crippen LogP contribution in [0, 0.1) is 0 Å². The minimum Gasteiger partial charge on any atom is -0.478 e. The first-order chi connectivity index (χ1) is 8.06. The molecule has 4 heteroatoms. The van der Waals surface area contributed by atoms with E-state index in [9.17, 15) is 9.59 Å².